The molecule has 1 aromatic heterocycles. The molecule has 0 radical (unpaired) electrons. The molecule has 5 heteroatoms. The Kier molecular flexibility index (Phi) is 5.18. The summed E-state index contributed by atoms with van der Waals surface area (Å²) in [5.41, 5.74) is 11.6. The van der Waals surface area contributed by atoms with Gasteiger partial charge in [-0.3, -0.25) is 4.79 Å². The third kappa shape index (κ3) is 3.96. The van der Waals surface area contributed by atoms with E-state index < -0.39 is 0 Å². The van der Waals surface area contributed by atoms with Gasteiger partial charge in [0.2, 0.25) is 5.91 Å². The Morgan fingerprint density at radius 2 is 1.74 bits per heavy atom. The number of carbonyl (C=O) groups is 1. The van der Waals surface area contributed by atoms with Crippen LogP contribution >= 0.6 is 0 Å². The minimum Gasteiger partial charge on any atom is -0.383 e. The Balaban J connectivity index is 2.07. The third-order valence-corrected chi connectivity index (χ3v) is 4.33. The summed E-state index contributed by atoms with van der Waals surface area (Å²) in [4.78, 5) is 15.6. The molecule has 134 valence electrons. The van der Waals surface area contributed by atoms with Crippen molar-refractivity contribution in [1.29, 1.82) is 5.26 Å². The zero-order valence-corrected chi connectivity index (χ0v) is 15.3. The predicted octanol–water partition coefficient (Wildman–Crippen LogP) is 4.39. The van der Waals surface area contributed by atoms with Gasteiger partial charge in [-0.1, -0.05) is 43.3 Å². The second kappa shape index (κ2) is 7.71. The molecule has 1 heterocycles. The molecule has 3 rings (SSSR count). The highest BCUT2D eigenvalue weighted by Crippen LogP contribution is 2.32. The van der Waals surface area contributed by atoms with E-state index >= 15 is 0 Å². The van der Waals surface area contributed by atoms with Gasteiger partial charge in [0.25, 0.3) is 0 Å². The number of nitrogens with zero attached hydrogens (tertiary/aromatic N) is 2. The van der Waals surface area contributed by atoms with Gasteiger partial charge in [-0.25, -0.2) is 4.98 Å². The SMILES string of the molecule is CCc1ccc(-c2cc(-c3ccc(NC(C)=O)cc3)c(C#N)c(N)n2)cc1. The standard InChI is InChI=1S/C22H20N4O/c1-3-15-4-6-17(7-5-15)21-12-19(20(13-23)22(24)26-21)16-8-10-18(11-9-16)25-14(2)27/h4-12H,3H2,1-2H3,(H2,24,26)(H,25,27). The minimum atomic E-state index is -0.133. The van der Waals surface area contributed by atoms with E-state index in [1.54, 1.807) is 12.1 Å². The number of benzene rings is 2. The first-order valence-corrected chi connectivity index (χ1v) is 8.69. The zero-order chi connectivity index (χ0) is 19.4. The topological polar surface area (TPSA) is 91.8 Å². The van der Waals surface area contributed by atoms with Crippen LogP contribution in [-0.2, 0) is 11.2 Å². The van der Waals surface area contributed by atoms with E-state index in [9.17, 15) is 10.1 Å². The van der Waals surface area contributed by atoms with Gasteiger partial charge >= 0.3 is 0 Å². The fourth-order valence-electron chi connectivity index (χ4n) is 2.91. The Labute approximate surface area is 158 Å². The van der Waals surface area contributed by atoms with E-state index in [4.69, 9.17) is 5.73 Å². The van der Waals surface area contributed by atoms with Crippen LogP contribution in [0.1, 0.15) is 25.0 Å². The van der Waals surface area contributed by atoms with Gasteiger partial charge in [0, 0.05) is 23.7 Å². The predicted molar refractivity (Wildman–Crippen MR) is 108 cm³/mol. The summed E-state index contributed by atoms with van der Waals surface area (Å²) < 4.78 is 0. The van der Waals surface area contributed by atoms with Crippen molar-refractivity contribution < 1.29 is 4.79 Å². The van der Waals surface area contributed by atoms with Crippen molar-refractivity contribution in [2.75, 3.05) is 11.1 Å². The van der Waals surface area contributed by atoms with Crippen molar-refractivity contribution in [1.82, 2.24) is 4.98 Å². The van der Waals surface area contributed by atoms with Gasteiger partial charge in [-0.05, 0) is 35.7 Å². The average Bonchev–Trinajstić information content (AvgIpc) is 2.67. The minimum absolute atomic E-state index is 0.133. The molecule has 0 aliphatic rings. The van der Waals surface area contributed by atoms with E-state index in [0.717, 1.165) is 23.2 Å². The van der Waals surface area contributed by atoms with E-state index in [-0.39, 0.29) is 11.7 Å². The highest BCUT2D eigenvalue weighted by atomic mass is 16.1. The summed E-state index contributed by atoms with van der Waals surface area (Å²) in [6, 6.07) is 19.5. The average molecular weight is 356 g/mol. The lowest BCUT2D eigenvalue weighted by molar-refractivity contribution is -0.114. The molecule has 0 bridgehead atoms. The molecule has 3 N–H and O–H groups in total. The van der Waals surface area contributed by atoms with Gasteiger partial charge in [0.15, 0.2) is 0 Å². The van der Waals surface area contributed by atoms with Crippen molar-refractivity contribution >= 4 is 17.4 Å². The largest absolute Gasteiger partial charge is 0.383 e. The first kappa shape index (κ1) is 18.2. The van der Waals surface area contributed by atoms with Gasteiger partial charge in [-0.2, -0.15) is 5.26 Å². The van der Waals surface area contributed by atoms with Crippen molar-refractivity contribution in [3.8, 4) is 28.5 Å². The lowest BCUT2D eigenvalue weighted by atomic mass is 9.98. The van der Waals surface area contributed by atoms with Crippen LogP contribution < -0.4 is 11.1 Å². The number of hydrogen-bond donors (Lipinski definition) is 2. The van der Waals surface area contributed by atoms with Crippen LogP contribution in [-0.4, -0.2) is 10.9 Å². The molecular formula is C22H20N4O. The van der Waals surface area contributed by atoms with Crippen molar-refractivity contribution in [2.45, 2.75) is 20.3 Å². The number of hydrogen-bond acceptors (Lipinski definition) is 4. The number of nitrogens with two attached hydrogens (primary N) is 1. The Hall–Kier alpha value is -3.65. The summed E-state index contributed by atoms with van der Waals surface area (Å²) in [6.45, 7) is 3.57. The molecular weight excluding hydrogens is 336 g/mol. The second-order valence-electron chi connectivity index (χ2n) is 6.24. The Bertz CT molecular complexity index is 1020. The Morgan fingerprint density at radius 3 is 2.30 bits per heavy atom. The molecule has 0 aliphatic heterocycles. The van der Waals surface area contributed by atoms with E-state index in [1.165, 1.54) is 12.5 Å². The molecule has 0 aliphatic carbocycles. The number of nitriles is 1. The smallest absolute Gasteiger partial charge is 0.221 e. The first-order chi connectivity index (χ1) is 13.0. The number of aryl methyl sites for hydroxylation is 1. The fourth-order valence-corrected chi connectivity index (χ4v) is 2.91. The number of nitrogens with one attached hydrogen (secondary N) is 1. The molecule has 0 saturated carbocycles. The molecule has 5 nitrogen and oxygen atoms in total. The van der Waals surface area contributed by atoms with Gasteiger partial charge in [0.1, 0.15) is 17.5 Å². The van der Waals surface area contributed by atoms with Gasteiger partial charge in [-0.15, -0.1) is 0 Å². The maximum absolute atomic E-state index is 11.2. The number of aromatic nitrogens is 1. The maximum Gasteiger partial charge on any atom is 0.221 e. The summed E-state index contributed by atoms with van der Waals surface area (Å²) in [6.07, 6.45) is 0.967. The second-order valence-corrected chi connectivity index (χ2v) is 6.24. The first-order valence-electron chi connectivity index (χ1n) is 8.69. The lowest BCUT2D eigenvalue weighted by Gasteiger charge is -2.11. The molecule has 27 heavy (non-hydrogen) atoms. The normalized spacial score (nSPS) is 10.3. The van der Waals surface area contributed by atoms with E-state index in [2.05, 4.69) is 35.4 Å². The van der Waals surface area contributed by atoms with Gasteiger partial charge < -0.3 is 11.1 Å². The van der Waals surface area contributed by atoms with E-state index in [0.29, 0.717) is 16.8 Å². The zero-order valence-electron chi connectivity index (χ0n) is 15.3. The number of nitrogen functional groups attached to an aromatic ring is 1. The van der Waals surface area contributed by atoms with Crippen LogP contribution in [0, 0.1) is 11.3 Å². The van der Waals surface area contributed by atoms with Crippen molar-refractivity contribution in [3.05, 3.63) is 65.7 Å². The van der Waals surface area contributed by atoms with E-state index in [1.807, 2.05) is 30.3 Å². The third-order valence-electron chi connectivity index (χ3n) is 4.33. The molecule has 3 aromatic rings. The Morgan fingerprint density at radius 1 is 1.11 bits per heavy atom. The number of rotatable bonds is 4. The molecule has 0 spiro atoms. The van der Waals surface area contributed by atoms with Gasteiger partial charge in [0.05, 0.1) is 5.69 Å². The number of amides is 1. The van der Waals surface area contributed by atoms with Crippen LogP contribution in [0.2, 0.25) is 0 Å². The number of anilines is 2. The summed E-state index contributed by atoms with van der Waals surface area (Å²) in [5.74, 6) is 0.0712. The van der Waals surface area contributed by atoms with Crippen LogP contribution in [0.3, 0.4) is 0 Å². The summed E-state index contributed by atoms with van der Waals surface area (Å²) in [5, 5.41) is 12.3. The highest BCUT2D eigenvalue weighted by molar-refractivity contribution is 5.89. The maximum atomic E-state index is 11.2. The molecule has 0 unspecified atom stereocenters. The van der Waals surface area contributed by atoms with Crippen LogP contribution in [0.4, 0.5) is 11.5 Å². The van der Waals surface area contributed by atoms with Crippen LogP contribution in [0.25, 0.3) is 22.4 Å². The molecule has 1 amide bonds. The lowest BCUT2D eigenvalue weighted by Crippen LogP contribution is -2.05. The monoisotopic (exact) mass is 356 g/mol. The molecule has 0 fully saturated rings. The van der Waals surface area contributed by atoms with Crippen molar-refractivity contribution in [3.63, 3.8) is 0 Å². The number of carbonyl (C=O) groups excluding carboxylic acids is 1. The summed E-state index contributed by atoms with van der Waals surface area (Å²) >= 11 is 0. The highest BCUT2D eigenvalue weighted by Gasteiger charge is 2.13. The summed E-state index contributed by atoms with van der Waals surface area (Å²) in [7, 11) is 0. The van der Waals surface area contributed by atoms with Crippen molar-refractivity contribution in [2.24, 2.45) is 0 Å². The quantitative estimate of drug-likeness (QED) is 0.725. The molecule has 0 saturated heterocycles. The van der Waals surface area contributed by atoms with Crippen LogP contribution in [0.15, 0.2) is 54.6 Å². The number of pyridine rings is 1. The molecule has 2 aromatic carbocycles. The molecule has 0 atom stereocenters. The fraction of sp³-hybridized carbons (Fsp3) is 0.136. The van der Waals surface area contributed by atoms with Crippen LogP contribution in [0.5, 0.6) is 0 Å².